The Morgan fingerprint density at radius 3 is 1.47 bits per heavy atom. The van der Waals surface area contributed by atoms with Gasteiger partial charge in [-0.05, 0) is 7.05 Å². The van der Waals surface area contributed by atoms with E-state index in [9.17, 15) is 18.7 Å². The van der Waals surface area contributed by atoms with Crippen LogP contribution in [0.5, 0.6) is 0 Å². The van der Waals surface area contributed by atoms with Gasteiger partial charge in [0.1, 0.15) is 0 Å². The van der Waals surface area contributed by atoms with Crippen molar-refractivity contribution >= 4 is 28.4 Å². The number of carboxylic acids is 2. The second kappa shape index (κ2) is 10.4. The summed E-state index contributed by atoms with van der Waals surface area (Å²) in [5, 5.41) is 16.3. The summed E-state index contributed by atoms with van der Waals surface area (Å²) in [7, 11) is -4.97. The van der Waals surface area contributed by atoms with Crippen LogP contribution in [0.25, 0.3) is 0 Å². The molecule has 0 rings (SSSR count). The molecule has 12 heteroatoms. The number of hydrogen-bond acceptors (Lipinski definition) is 6. The van der Waals surface area contributed by atoms with Crippen LogP contribution in [0.3, 0.4) is 0 Å². The molecule has 2 unspecified atom stereocenters. The van der Waals surface area contributed by atoms with Crippen molar-refractivity contribution in [2.24, 2.45) is 0 Å². The predicted octanol–water partition coefficient (Wildman–Crippen LogP) is -1.15. The van der Waals surface area contributed by atoms with Crippen LogP contribution in [0.1, 0.15) is 0 Å². The van der Waals surface area contributed by atoms with Crippen molar-refractivity contribution in [1.29, 1.82) is 0 Å². The Kier molecular flexibility index (Phi) is 11.4. The first-order valence-corrected chi connectivity index (χ1v) is 6.43. The van der Waals surface area contributed by atoms with Gasteiger partial charge in [0.25, 0.3) is 0 Å². The van der Waals surface area contributed by atoms with E-state index in [4.69, 9.17) is 20.0 Å². The highest BCUT2D eigenvalue weighted by molar-refractivity contribution is 7.46. The SMILES string of the molecule is CN(CC(=O)O)CC(=O)O.O=[PH](O)O[PH](=O)O. The first-order valence-electron chi connectivity index (χ1n) is 3.91. The number of rotatable bonds is 6. The van der Waals surface area contributed by atoms with Gasteiger partial charge in [-0.3, -0.25) is 23.6 Å². The Hall–Kier alpha value is -0.760. The molecular formula is C5H13NO9P2. The monoisotopic (exact) mass is 293 g/mol. The summed E-state index contributed by atoms with van der Waals surface area (Å²) in [6.07, 6.45) is 0. The molecule has 0 aromatic heterocycles. The lowest BCUT2D eigenvalue weighted by molar-refractivity contribution is -0.141. The molecule has 0 saturated carbocycles. The van der Waals surface area contributed by atoms with Crippen LogP contribution >= 0.6 is 16.5 Å². The Bertz CT molecular complexity index is 278. The van der Waals surface area contributed by atoms with E-state index in [1.165, 1.54) is 11.9 Å². The quantitative estimate of drug-likeness (QED) is 0.440. The van der Waals surface area contributed by atoms with E-state index < -0.39 is 28.4 Å². The molecule has 0 radical (unpaired) electrons. The number of carbonyl (C=O) groups is 2. The van der Waals surface area contributed by atoms with Gasteiger partial charge < -0.3 is 20.0 Å². The molecule has 0 saturated heterocycles. The molecular weight excluding hydrogens is 280 g/mol. The molecule has 0 aromatic rings. The minimum Gasteiger partial charge on any atom is -0.480 e. The first-order chi connectivity index (χ1) is 7.65. The molecule has 0 aromatic carbocycles. The van der Waals surface area contributed by atoms with E-state index in [0.29, 0.717) is 0 Å². The maximum atomic E-state index is 9.96. The van der Waals surface area contributed by atoms with E-state index in [0.717, 1.165) is 0 Å². The minimum atomic E-state index is -3.20. The van der Waals surface area contributed by atoms with Gasteiger partial charge in [-0.15, -0.1) is 0 Å². The van der Waals surface area contributed by atoms with E-state index in [2.05, 4.69) is 4.31 Å². The van der Waals surface area contributed by atoms with Crippen LogP contribution in [0, 0.1) is 0 Å². The van der Waals surface area contributed by atoms with Crippen LogP contribution < -0.4 is 0 Å². The molecule has 10 nitrogen and oxygen atoms in total. The number of carboxylic acid groups (broad SMARTS) is 2. The van der Waals surface area contributed by atoms with Crippen molar-refractivity contribution in [2.75, 3.05) is 20.1 Å². The lowest BCUT2D eigenvalue weighted by atomic mass is 10.5. The zero-order chi connectivity index (χ0) is 14.0. The Morgan fingerprint density at radius 1 is 1.06 bits per heavy atom. The lowest BCUT2D eigenvalue weighted by Gasteiger charge is -2.08. The first kappa shape index (κ1) is 18.6. The highest BCUT2D eigenvalue weighted by Crippen LogP contribution is 2.30. The molecule has 0 bridgehead atoms. The summed E-state index contributed by atoms with van der Waals surface area (Å²) in [5.41, 5.74) is 0. The van der Waals surface area contributed by atoms with E-state index in [-0.39, 0.29) is 13.1 Å². The van der Waals surface area contributed by atoms with Crippen LogP contribution in [0.15, 0.2) is 0 Å². The maximum absolute atomic E-state index is 9.96. The molecule has 0 aliphatic carbocycles. The fraction of sp³-hybridized carbons (Fsp3) is 0.600. The van der Waals surface area contributed by atoms with Crippen molar-refractivity contribution in [1.82, 2.24) is 4.90 Å². The Morgan fingerprint density at radius 2 is 1.35 bits per heavy atom. The number of aliphatic carboxylic acids is 2. The zero-order valence-corrected chi connectivity index (χ0v) is 10.7. The third-order valence-corrected chi connectivity index (χ3v) is 2.38. The van der Waals surface area contributed by atoms with E-state index >= 15 is 0 Å². The van der Waals surface area contributed by atoms with Crippen molar-refractivity contribution in [3.63, 3.8) is 0 Å². The molecule has 17 heavy (non-hydrogen) atoms. The topological polar surface area (TPSA) is 162 Å². The van der Waals surface area contributed by atoms with Crippen molar-refractivity contribution in [2.45, 2.75) is 0 Å². The highest BCUT2D eigenvalue weighted by atomic mass is 31.2. The van der Waals surface area contributed by atoms with Gasteiger partial charge in [-0.1, -0.05) is 0 Å². The largest absolute Gasteiger partial charge is 0.480 e. The van der Waals surface area contributed by atoms with Gasteiger partial charge in [-0.25, -0.2) is 4.31 Å². The number of likely N-dealkylation sites (N-methyl/N-ethyl adjacent to an activating group) is 1. The smallest absolute Gasteiger partial charge is 0.323 e. The molecule has 102 valence electrons. The summed E-state index contributed by atoms with van der Waals surface area (Å²) in [4.78, 5) is 36.5. The predicted molar refractivity (Wildman–Crippen MR) is 56.3 cm³/mol. The normalized spacial score (nSPS) is 13.4. The van der Waals surface area contributed by atoms with Crippen LogP contribution in [-0.4, -0.2) is 57.0 Å². The summed E-state index contributed by atoms with van der Waals surface area (Å²) in [6, 6.07) is 0. The van der Waals surface area contributed by atoms with E-state index in [1.54, 1.807) is 0 Å². The van der Waals surface area contributed by atoms with Gasteiger partial charge in [-0.2, -0.15) is 0 Å². The third-order valence-electron chi connectivity index (χ3n) is 0.985. The molecule has 0 heterocycles. The van der Waals surface area contributed by atoms with Crippen LogP contribution in [-0.2, 0) is 23.0 Å². The van der Waals surface area contributed by atoms with E-state index in [1.807, 2.05) is 0 Å². The average Bonchev–Trinajstić information content (AvgIpc) is 1.97. The number of nitrogens with zero attached hydrogens (tertiary/aromatic N) is 1. The van der Waals surface area contributed by atoms with Crippen molar-refractivity contribution in [3.8, 4) is 0 Å². The summed E-state index contributed by atoms with van der Waals surface area (Å²) in [6.45, 7) is -0.488. The van der Waals surface area contributed by atoms with Gasteiger partial charge in [0.05, 0.1) is 13.1 Å². The summed E-state index contributed by atoms with van der Waals surface area (Å²) < 4.78 is 22.3. The number of hydrogen-bond donors (Lipinski definition) is 4. The zero-order valence-electron chi connectivity index (χ0n) is 8.69. The molecule has 0 aliphatic rings. The fourth-order valence-corrected chi connectivity index (χ4v) is 1.19. The minimum absolute atomic E-state index is 0.244. The Balaban J connectivity index is 0. The van der Waals surface area contributed by atoms with Crippen LogP contribution in [0.2, 0.25) is 0 Å². The van der Waals surface area contributed by atoms with Crippen molar-refractivity contribution < 1.29 is 43.0 Å². The summed E-state index contributed by atoms with van der Waals surface area (Å²) >= 11 is 0. The highest BCUT2D eigenvalue weighted by Gasteiger charge is 2.06. The van der Waals surface area contributed by atoms with Gasteiger partial charge in [0.2, 0.25) is 0 Å². The third kappa shape index (κ3) is 21.1. The molecule has 4 N–H and O–H groups in total. The van der Waals surface area contributed by atoms with Gasteiger partial charge in [0, 0.05) is 0 Å². The van der Waals surface area contributed by atoms with Gasteiger partial charge >= 0.3 is 28.4 Å². The lowest BCUT2D eigenvalue weighted by Crippen LogP contribution is -2.30. The molecule has 2 atom stereocenters. The standard InChI is InChI=1S/C5H9NO4.H4O5P2/c1-6(2-4(7)8)3-5(9)10;1-6(2)5-7(3)4/h2-3H2,1H3,(H,7,8)(H,9,10);6-7H,(H,1,2)(H,3,4). The molecule has 0 amide bonds. The van der Waals surface area contributed by atoms with Crippen molar-refractivity contribution in [3.05, 3.63) is 0 Å². The second-order valence-electron chi connectivity index (χ2n) is 2.59. The van der Waals surface area contributed by atoms with Gasteiger partial charge in [0.15, 0.2) is 0 Å². The average molecular weight is 293 g/mol. The van der Waals surface area contributed by atoms with Crippen LogP contribution in [0.4, 0.5) is 0 Å². The second-order valence-corrected chi connectivity index (χ2v) is 4.47. The maximum Gasteiger partial charge on any atom is 0.323 e. The fourth-order valence-electron chi connectivity index (χ4n) is 0.592. The summed E-state index contributed by atoms with van der Waals surface area (Å²) in [5.74, 6) is -2.05. The molecule has 0 aliphatic heterocycles. The molecule has 0 spiro atoms. The molecule has 0 fully saturated rings. The Labute approximate surface area is 97.3 Å².